The number of H-pyrrole nitrogens is 1. The van der Waals surface area contributed by atoms with Gasteiger partial charge in [-0.25, -0.2) is 42.5 Å². The van der Waals surface area contributed by atoms with Crippen molar-refractivity contribution in [3.05, 3.63) is 116 Å². The quantitative estimate of drug-likeness (QED) is 0.0118. The molecular weight excluding hydrogens is 1040 g/mol. The van der Waals surface area contributed by atoms with E-state index in [0.29, 0.717) is 40.4 Å². The summed E-state index contributed by atoms with van der Waals surface area (Å²) in [5.41, 5.74) is 13.3. The maximum Gasteiger partial charge on any atom is 0.472 e. The Morgan fingerprint density at radius 2 is 1.46 bits per heavy atom. The molecule has 0 aliphatic carbocycles. The molecule has 3 fully saturated rings. The fourth-order valence-corrected chi connectivity index (χ4v) is 12.7. The molecule has 3 aromatic heterocycles. The van der Waals surface area contributed by atoms with Gasteiger partial charge in [0.15, 0.2) is 36.3 Å². The van der Waals surface area contributed by atoms with E-state index in [1.807, 2.05) is 4.98 Å². The third kappa shape index (κ3) is 14.0. The number of aromatic nitrogens is 6. The summed E-state index contributed by atoms with van der Waals surface area (Å²) in [6, 6.07) is 13.7. The molecule has 3 aliphatic heterocycles. The van der Waals surface area contributed by atoms with Crippen LogP contribution in [0.4, 0.5) is 14.6 Å². The van der Waals surface area contributed by atoms with Crippen molar-refractivity contribution in [3.8, 4) is 11.5 Å². The third-order valence-electron chi connectivity index (χ3n) is 12.2. The molecule has 6 heterocycles. The monoisotopic (exact) mass is 1090 g/mol. The Balaban J connectivity index is 0.888. The number of carbonyl (C=O) groups excluding carboxylic acids is 1. The summed E-state index contributed by atoms with van der Waals surface area (Å²) >= 11 is 0.589. The number of alkyl halides is 2. The molecule has 4 N–H and O–H groups in total. The van der Waals surface area contributed by atoms with Crippen LogP contribution in [0.25, 0.3) is 21.6 Å². The molecule has 0 saturated carbocycles. The Kier molecular flexibility index (Phi) is 18.7. The van der Waals surface area contributed by atoms with Gasteiger partial charge in [0.1, 0.15) is 47.8 Å². The van der Waals surface area contributed by atoms with Gasteiger partial charge in [-0.2, -0.15) is 0 Å². The number of fused-ring (bicyclic) bond motifs is 3. The molecule has 5 aromatic rings. The molecule has 2 aromatic carbocycles. The molecule has 24 nitrogen and oxygen atoms in total. The van der Waals surface area contributed by atoms with Crippen molar-refractivity contribution < 1.29 is 64.6 Å². The van der Waals surface area contributed by atoms with E-state index in [1.54, 1.807) is 36.4 Å². The minimum Gasteiger partial charge on any atom is -0.494 e. The number of esters is 1. The van der Waals surface area contributed by atoms with E-state index in [0.717, 1.165) is 61.7 Å². The van der Waals surface area contributed by atoms with Crippen molar-refractivity contribution in [2.75, 3.05) is 32.1 Å². The van der Waals surface area contributed by atoms with Gasteiger partial charge in [-0.3, -0.25) is 37.0 Å². The van der Waals surface area contributed by atoms with Gasteiger partial charge in [0.05, 0.1) is 31.7 Å². The van der Waals surface area contributed by atoms with E-state index in [9.17, 15) is 28.4 Å². The zero-order valence-electron chi connectivity index (χ0n) is 39.6. The molecule has 3 saturated heterocycles. The number of phosphoric ester groups is 1. The summed E-state index contributed by atoms with van der Waals surface area (Å²) in [6.07, 6.45) is -0.795. The topological polar surface area (TPSA) is 319 Å². The van der Waals surface area contributed by atoms with Gasteiger partial charge in [0.25, 0.3) is 5.56 Å². The first-order chi connectivity index (χ1) is 35.7. The number of hydrogen-bond acceptors (Lipinski definition) is 19. The van der Waals surface area contributed by atoms with Crippen LogP contribution in [0.15, 0.2) is 88.2 Å². The van der Waals surface area contributed by atoms with Crippen molar-refractivity contribution in [2.45, 2.75) is 119 Å². The number of benzene rings is 2. The summed E-state index contributed by atoms with van der Waals surface area (Å²) in [4.78, 5) is 65.3. The molecule has 2 unspecified atom stereocenters. The fraction of sp³-hybridized carbons (Fsp3) is 0.511. The van der Waals surface area contributed by atoms with E-state index < -0.39 is 94.3 Å². The maximum atomic E-state index is 16.5. The predicted octanol–water partition coefficient (Wildman–Crippen LogP) is 8.20. The minimum atomic E-state index is -5.25. The Morgan fingerprint density at radius 3 is 2.14 bits per heavy atom. The summed E-state index contributed by atoms with van der Waals surface area (Å²) < 4.78 is 109. The van der Waals surface area contributed by atoms with Crippen LogP contribution in [0.3, 0.4) is 0 Å². The molecule has 8 rings (SSSR count). The average molecular weight is 1090 g/mol. The van der Waals surface area contributed by atoms with Crippen molar-refractivity contribution in [1.82, 2.24) is 29.1 Å². The van der Waals surface area contributed by atoms with Crippen molar-refractivity contribution >= 4 is 49.0 Å². The Bertz CT molecular complexity index is 2970. The number of unbranched alkanes of at least 4 members (excludes halogenated alkanes) is 9. The number of hydrogen-bond donors (Lipinski definition) is 3. The normalized spacial score (nSPS) is 27.1. The number of anilines is 1. The number of phosphoric acid groups is 1. The number of halogens is 2. The van der Waals surface area contributed by atoms with Crippen LogP contribution in [-0.4, -0.2) is 103 Å². The third-order valence-corrected chi connectivity index (χ3v) is 16.9. The molecule has 74 heavy (non-hydrogen) atoms. The van der Waals surface area contributed by atoms with Gasteiger partial charge in [0.2, 0.25) is 0 Å². The number of ether oxygens (including phenoxy) is 4. The number of nitrogen functional groups attached to an aromatic ring is 1. The maximum absolute atomic E-state index is 16.5. The number of nitrogens with one attached hydrogen (secondary N) is 1. The number of nitrogens with zero attached hydrogens (tertiary/aromatic N) is 8. The lowest BCUT2D eigenvalue weighted by Crippen LogP contribution is -2.38. The van der Waals surface area contributed by atoms with Crippen molar-refractivity contribution in [2.24, 2.45) is 5.11 Å². The lowest BCUT2D eigenvalue weighted by Gasteiger charge is -2.29. The van der Waals surface area contributed by atoms with Crippen LogP contribution in [-0.2, 0) is 42.5 Å². The first-order valence-corrected chi connectivity index (χ1v) is 28.5. The molecule has 0 amide bonds. The first-order valence-electron chi connectivity index (χ1n) is 23.8. The number of nitrogens with two attached hydrogens (primary N) is 1. The molecule has 3 aliphatic rings. The van der Waals surface area contributed by atoms with E-state index >= 15 is 8.78 Å². The van der Waals surface area contributed by atoms with Gasteiger partial charge in [-0.1, -0.05) is 68.6 Å². The summed E-state index contributed by atoms with van der Waals surface area (Å²) in [5.74, 6) is 0.0331. The first kappa shape index (κ1) is 54.7. The SMILES string of the molecule is [N-]=[N+]=NCCCCCCCCCCCCOc1ccc(C(=O)Oc2ccc(CSP3(=O)OC[C@H]4O[C@@H](n5cnc6c(N)ncnc65)[C@H](F)[C@@H]4OP(=O)(O)OC[C@H]4O[C@@H](n5ccc(=O)[nH]c5=O)[C@H](F)[C@@H]4O3)cc2)cc1. The molecule has 29 heteroatoms. The van der Waals surface area contributed by atoms with E-state index in [-0.39, 0.29) is 34.0 Å². The summed E-state index contributed by atoms with van der Waals surface area (Å²) in [6.45, 7) is -5.33. The van der Waals surface area contributed by atoms with Crippen LogP contribution < -0.4 is 26.5 Å². The second kappa shape index (κ2) is 25.3. The standard InChI is InChI=1S/C45H54F2N10O14P2S/c46-35-38-33(69-43(35)57-27-52-37-40(48)50-26-51-41(37)57)24-66-73(63,71-39-32(23-65-72(61,62)70-38)68-42(36(39)47)56-21-19-34(58)54-45(56)60)74-25-28-11-15-31(16-12-28)67-44(59)29-13-17-30(18-14-29)64-22-10-8-6-4-2-1-3-5-7-9-20-53-55-49/h11-19,21,26-27,32-33,35-36,38-39,42-43H,1-10,20,22-25H2,(H,61,62)(H2,48,50,51)(H,54,58,60)/t32-,33-,35-,36-,38-,39-,42-,43-,73?/m1/s1. The van der Waals surface area contributed by atoms with E-state index in [2.05, 4.69) is 25.0 Å². The molecular formula is C45H54F2N10O14P2S. The highest BCUT2D eigenvalue weighted by molar-refractivity contribution is 8.54. The Morgan fingerprint density at radius 1 is 0.838 bits per heavy atom. The zero-order chi connectivity index (χ0) is 52.2. The number of aromatic amines is 1. The molecule has 0 radical (unpaired) electrons. The zero-order valence-corrected chi connectivity index (χ0v) is 42.2. The summed E-state index contributed by atoms with van der Waals surface area (Å²) in [7, 11) is -5.25. The lowest BCUT2D eigenvalue weighted by molar-refractivity contribution is -0.0619. The second-order valence-corrected chi connectivity index (χ2v) is 22.9. The molecule has 398 valence electrons. The van der Waals surface area contributed by atoms with Gasteiger partial charge < -0.3 is 29.6 Å². The van der Waals surface area contributed by atoms with Crippen LogP contribution in [0.2, 0.25) is 0 Å². The molecule has 0 bridgehead atoms. The van der Waals surface area contributed by atoms with Gasteiger partial charge in [0, 0.05) is 29.5 Å². The Hall–Kier alpha value is -5.56. The number of imidazole rings is 1. The van der Waals surface area contributed by atoms with Crippen molar-refractivity contribution in [1.29, 1.82) is 0 Å². The van der Waals surface area contributed by atoms with Gasteiger partial charge in [-0.05, 0) is 71.7 Å². The average Bonchev–Trinajstić information content (AvgIpc) is 4.04. The van der Waals surface area contributed by atoms with Crippen LogP contribution in [0.5, 0.6) is 11.5 Å². The van der Waals surface area contributed by atoms with Crippen LogP contribution in [0.1, 0.15) is 92.6 Å². The summed E-state index contributed by atoms with van der Waals surface area (Å²) in [5, 5.41) is 3.56. The predicted molar refractivity (Wildman–Crippen MR) is 263 cm³/mol. The van der Waals surface area contributed by atoms with Gasteiger partial charge >= 0.3 is 26.3 Å². The largest absolute Gasteiger partial charge is 0.494 e. The number of carbonyl (C=O) groups is 1. The van der Waals surface area contributed by atoms with Gasteiger partial charge in [-0.15, -0.1) is 0 Å². The van der Waals surface area contributed by atoms with E-state index in [1.165, 1.54) is 44.1 Å². The number of rotatable bonds is 21. The minimum absolute atomic E-state index is 0.0183. The fourth-order valence-electron chi connectivity index (χ4n) is 8.40. The van der Waals surface area contributed by atoms with Crippen LogP contribution in [0, 0.1) is 0 Å². The molecule has 10 atom stereocenters. The highest BCUT2D eigenvalue weighted by Crippen LogP contribution is 2.65. The second-order valence-electron chi connectivity index (χ2n) is 17.4. The number of azide groups is 1. The van der Waals surface area contributed by atoms with Crippen LogP contribution >= 0.6 is 26.0 Å². The lowest BCUT2D eigenvalue weighted by atomic mass is 10.1. The Labute approximate surface area is 425 Å². The highest BCUT2D eigenvalue weighted by Gasteiger charge is 2.55. The smallest absolute Gasteiger partial charge is 0.472 e. The van der Waals surface area contributed by atoms with Crippen molar-refractivity contribution in [3.63, 3.8) is 0 Å². The highest BCUT2D eigenvalue weighted by atomic mass is 32.7. The van der Waals surface area contributed by atoms with E-state index in [4.69, 9.17) is 48.3 Å². The molecule has 0 spiro atoms.